The molecule has 0 unspecified atom stereocenters. The number of amides is 3. The van der Waals surface area contributed by atoms with Crippen LogP contribution >= 0.6 is 0 Å². The molecule has 2 atom stereocenters. The summed E-state index contributed by atoms with van der Waals surface area (Å²) in [7, 11) is 0. The fourth-order valence-electron chi connectivity index (χ4n) is 4.63. The Bertz CT molecular complexity index is 1180. The Morgan fingerprint density at radius 1 is 1.19 bits per heavy atom. The topological polar surface area (TPSA) is 120 Å². The van der Waals surface area contributed by atoms with E-state index in [9.17, 15) is 40.7 Å². The van der Waals surface area contributed by atoms with Crippen LogP contribution in [0.5, 0.6) is 0 Å². The van der Waals surface area contributed by atoms with Gasteiger partial charge in [-0.2, -0.15) is 13.2 Å². The molecule has 36 heavy (non-hydrogen) atoms. The molecule has 4 rings (SSSR count). The Balaban J connectivity index is 1.42. The summed E-state index contributed by atoms with van der Waals surface area (Å²) in [5.74, 6) is -8.41. The first-order valence-electron chi connectivity index (χ1n) is 10.8. The summed E-state index contributed by atoms with van der Waals surface area (Å²) < 4.78 is 79.6. The zero-order valence-corrected chi connectivity index (χ0v) is 18.6. The highest BCUT2D eigenvalue weighted by atomic mass is 19.4. The first-order chi connectivity index (χ1) is 16.7. The van der Waals surface area contributed by atoms with Crippen molar-refractivity contribution in [3.05, 3.63) is 41.5 Å². The summed E-state index contributed by atoms with van der Waals surface area (Å²) in [6, 6.07) is 1.17. The van der Waals surface area contributed by atoms with E-state index in [2.05, 4.69) is 26.0 Å². The second-order valence-corrected chi connectivity index (χ2v) is 8.92. The number of aromatic amines is 1. The fraction of sp³-hybridized carbons (Fsp3) is 0.476. The molecular formula is C21H20F6N6O3. The SMILES string of the molecule is C[C@H]1[C@@H](C(=O)Nc2ccc(F)c(C(F)(F)F)c2)CCN1C(=O)C(=O)NC1(c2c[nH]nn2)CC(F)(F)C1. The maximum absolute atomic E-state index is 13.6. The molecule has 3 amide bonds. The summed E-state index contributed by atoms with van der Waals surface area (Å²) >= 11 is 0. The quantitative estimate of drug-likeness (QED) is 0.425. The van der Waals surface area contributed by atoms with Crippen molar-refractivity contribution in [2.75, 3.05) is 11.9 Å². The van der Waals surface area contributed by atoms with Gasteiger partial charge in [0.05, 0.1) is 17.0 Å². The number of hydrogen-bond acceptors (Lipinski definition) is 5. The predicted molar refractivity (Wildman–Crippen MR) is 110 cm³/mol. The normalized spacial score (nSPS) is 22.6. The third-order valence-corrected chi connectivity index (χ3v) is 6.47. The highest BCUT2D eigenvalue weighted by molar-refractivity contribution is 6.35. The second kappa shape index (κ2) is 8.78. The first kappa shape index (κ1) is 25.4. The van der Waals surface area contributed by atoms with E-state index in [4.69, 9.17) is 0 Å². The van der Waals surface area contributed by atoms with Crippen molar-refractivity contribution in [2.24, 2.45) is 5.92 Å². The van der Waals surface area contributed by atoms with E-state index in [0.29, 0.717) is 12.1 Å². The number of nitrogens with one attached hydrogen (secondary N) is 3. The van der Waals surface area contributed by atoms with Gasteiger partial charge in [-0.05, 0) is 31.5 Å². The summed E-state index contributed by atoms with van der Waals surface area (Å²) in [5, 5.41) is 14.1. The lowest BCUT2D eigenvalue weighted by Gasteiger charge is -2.46. The molecule has 1 aliphatic carbocycles. The van der Waals surface area contributed by atoms with E-state index in [1.807, 2.05) is 0 Å². The lowest BCUT2D eigenvalue weighted by molar-refractivity contribution is -0.160. The van der Waals surface area contributed by atoms with E-state index < -0.39 is 71.5 Å². The van der Waals surface area contributed by atoms with Gasteiger partial charge in [-0.1, -0.05) is 5.21 Å². The van der Waals surface area contributed by atoms with Crippen molar-refractivity contribution in [1.82, 2.24) is 25.6 Å². The average Bonchev–Trinajstić information content (AvgIpc) is 3.42. The van der Waals surface area contributed by atoms with Gasteiger partial charge in [-0.3, -0.25) is 19.5 Å². The van der Waals surface area contributed by atoms with Crippen LogP contribution in [0.25, 0.3) is 0 Å². The molecule has 3 N–H and O–H groups in total. The number of nitrogens with zero attached hydrogens (tertiary/aromatic N) is 3. The maximum Gasteiger partial charge on any atom is 0.419 e. The Hall–Kier alpha value is -3.65. The summed E-state index contributed by atoms with van der Waals surface area (Å²) in [4.78, 5) is 39.3. The molecule has 9 nitrogen and oxygen atoms in total. The molecule has 1 aromatic carbocycles. The predicted octanol–water partition coefficient (Wildman–Crippen LogP) is 2.58. The molecule has 2 fully saturated rings. The smallest absolute Gasteiger partial charge is 0.336 e. The van der Waals surface area contributed by atoms with Crippen LogP contribution in [0.2, 0.25) is 0 Å². The van der Waals surface area contributed by atoms with Crippen molar-refractivity contribution in [1.29, 1.82) is 0 Å². The Kier molecular flexibility index (Phi) is 6.21. The molecule has 15 heteroatoms. The van der Waals surface area contributed by atoms with Gasteiger partial charge in [-0.15, -0.1) is 5.10 Å². The van der Waals surface area contributed by atoms with Crippen LogP contribution in [-0.2, 0) is 26.1 Å². The minimum atomic E-state index is -4.96. The molecule has 0 bridgehead atoms. The number of anilines is 1. The van der Waals surface area contributed by atoms with Gasteiger partial charge in [0.1, 0.15) is 11.5 Å². The molecule has 1 aliphatic heterocycles. The Morgan fingerprint density at radius 2 is 1.89 bits per heavy atom. The number of likely N-dealkylation sites (tertiary alicyclic amines) is 1. The van der Waals surface area contributed by atoms with Gasteiger partial charge in [-0.25, -0.2) is 13.2 Å². The minimum absolute atomic E-state index is 0.0319. The highest BCUT2D eigenvalue weighted by Crippen LogP contribution is 2.51. The number of carbonyl (C=O) groups excluding carboxylic acids is 3. The van der Waals surface area contributed by atoms with Crippen LogP contribution in [0.4, 0.5) is 32.0 Å². The van der Waals surface area contributed by atoms with Crippen molar-refractivity contribution in [3.63, 3.8) is 0 Å². The first-order valence-corrected chi connectivity index (χ1v) is 10.8. The maximum atomic E-state index is 13.6. The molecule has 194 valence electrons. The monoisotopic (exact) mass is 518 g/mol. The number of carbonyl (C=O) groups is 3. The van der Waals surface area contributed by atoms with Crippen LogP contribution in [0, 0.1) is 11.7 Å². The van der Waals surface area contributed by atoms with Crippen LogP contribution in [0.1, 0.15) is 37.4 Å². The molecule has 1 aromatic heterocycles. The van der Waals surface area contributed by atoms with Crippen molar-refractivity contribution < 1.29 is 40.7 Å². The lowest BCUT2D eigenvalue weighted by atomic mass is 9.71. The van der Waals surface area contributed by atoms with Crippen LogP contribution in [0.3, 0.4) is 0 Å². The van der Waals surface area contributed by atoms with Crippen molar-refractivity contribution in [2.45, 2.75) is 49.9 Å². The molecule has 2 heterocycles. The van der Waals surface area contributed by atoms with Gasteiger partial charge >= 0.3 is 18.0 Å². The Labute approximate surface area is 199 Å². The zero-order chi connectivity index (χ0) is 26.5. The zero-order valence-electron chi connectivity index (χ0n) is 18.6. The van der Waals surface area contributed by atoms with Crippen LogP contribution < -0.4 is 10.6 Å². The van der Waals surface area contributed by atoms with Crippen molar-refractivity contribution >= 4 is 23.4 Å². The Morgan fingerprint density at radius 3 is 2.47 bits per heavy atom. The summed E-state index contributed by atoms with van der Waals surface area (Å²) in [6.45, 7) is 1.44. The number of hydrogen-bond donors (Lipinski definition) is 3. The van der Waals surface area contributed by atoms with E-state index in [-0.39, 0.29) is 24.3 Å². The van der Waals surface area contributed by atoms with E-state index in [1.165, 1.54) is 13.1 Å². The molecule has 2 aliphatic rings. The van der Waals surface area contributed by atoms with Gasteiger partial charge in [0.15, 0.2) is 0 Å². The number of benzene rings is 1. The van der Waals surface area contributed by atoms with Gasteiger partial charge < -0.3 is 15.5 Å². The average molecular weight is 518 g/mol. The molecule has 1 saturated heterocycles. The van der Waals surface area contributed by atoms with E-state index in [0.717, 1.165) is 11.0 Å². The molecule has 0 spiro atoms. The number of H-pyrrole nitrogens is 1. The number of aromatic nitrogens is 3. The fourth-order valence-corrected chi connectivity index (χ4v) is 4.63. The number of halogens is 6. The minimum Gasteiger partial charge on any atom is -0.336 e. The van der Waals surface area contributed by atoms with E-state index in [1.54, 1.807) is 0 Å². The summed E-state index contributed by atoms with van der Waals surface area (Å²) in [5.41, 5.74) is -3.37. The van der Waals surface area contributed by atoms with Gasteiger partial charge in [0.2, 0.25) is 5.91 Å². The third kappa shape index (κ3) is 4.73. The number of rotatable bonds is 4. The lowest BCUT2D eigenvalue weighted by Crippen LogP contribution is -2.62. The number of alkyl halides is 5. The third-order valence-electron chi connectivity index (χ3n) is 6.47. The molecule has 0 radical (unpaired) electrons. The van der Waals surface area contributed by atoms with Crippen molar-refractivity contribution in [3.8, 4) is 0 Å². The largest absolute Gasteiger partial charge is 0.419 e. The van der Waals surface area contributed by atoms with Crippen LogP contribution in [0.15, 0.2) is 24.4 Å². The molecule has 1 saturated carbocycles. The second-order valence-electron chi connectivity index (χ2n) is 8.92. The molecular weight excluding hydrogens is 498 g/mol. The summed E-state index contributed by atoms with van der Waals surface area (Å²) in [6.07, 6.45) is -5.19. The van der Waals surface area contributed by atoms with Gasteiger partial charge in [0, 0.05) is 37.3 Å². The standard InChI is InChI=1S/C21H20F6N6O3/c1-10-12(16(34)29-11-2-3-14(22)13(6-11)21(25,26)27)4-5-33(10)18(36)17(35)30-19(8-20(23,24)9-19)15-7-28-32-31-15/h2-3,6-7,10,12H,4-5,8-9H2,1H3,(H,29,34)(H,30,35)(H,28,31,32)/t10-,12-/m0/s1. The van der Waals surface area contributed by atoms with Crippen LogP contribution in [-0.4, -0.2) is 56.5 Å². The van der Waals surface area contributed by atoms with E-state index >= 15 is 0 Å². The molecule has 2 aromatic rings. The van der Waals surface area contributed by atoms with Gasteiger partial charge in [0.25, 0.3) is 5.92 Å². The highest BCUT2D eigenvalue weighted by Gasteiger charge is 2.60.